The highest BCUT2D eigenvalue weighted by Gasteiger charge is 2.21. The summed E-state index contributed by atoms with van der Waals surface area (Å²) in [5, 5.41) is 0. The molecule has 1 rings (SSSR count). The molecule has 0 bridgehead atoms. The first-order chi connectivity index (χ1) is 8.97. The first kappa shape index (κ1) is 15.7. The van der Waals surface area contributed by atoms with Gasteiger partial charge < -0.3 is 10.5 Å². The molecule has 106 valence electrons. The minimum absolute atomic E-state index is 0.0760. The van der Waals surface area contributed by atoms with Crippen molar-refractivity contribution >= 4 is 15.7 Å². The molecule has 2 N–H and O–H groups in total. The second-order valence-electron chi connectivity index (χ2n) is 4.18. The number of hydrogen-bond donors (Lipinski definition) is 1. The average Bonchev–Trinajstić information content (AvgIpc) is 2.39. The van der Waals surface area contributed by atoms with Crippen molar-refractivity contribution in [3.8, 4) is 0 Å². The number of rotatable bonds is 8. The highest BCUT2D eigenvalue weighted by molar-refractivity contribution is 7.91. The Morgan fingerprint density at radius 1 is 1.32 bits per heavy atom. The van der Waals surface area contributed by atoms with Gasteiger partial charge in [-0.1, -0.05) is 25.1 Å². The third-order valence-corrected chi connectivity index (χ3v) is 4.36. The lowest BCUT2D eigenvalue weighted by Gasteiger charge is -2.14. The van der Waals surface area contributed by atoms with Crippen LogP contribution in [-0.4, -0.2) is 32.8 Å². The lowest BCUT2D eigenvalue weighted by atomic mass is 10.2. The Labute approximate surface area is 113 Å². The average molecular weight is 285 g/mol. The van der Waals surface area contributed by atoms with Crippen LogP contribution in [0.3, 0.4) is 0 Å². The van der Waals surface area contributed by atoms with E-state index in [1.165, 1.54) is 12.1 Å². The van der Waals surface area contributed by atoms with Crippen LogP contribution in [0.5, 0.6) is 0 Å². The van der Waals surface area contributed by atoms with Crippen molar-refractivity contribution in [2.75, 3.05) is 12.4 Å². The number of nitrogens with two attached hydrogens (primary N) is 1. The Balaban J connectivity index is 2.66. The molecule has 0 aliphatic carbocycles. The van der Waals surface area contributed by atoms with E-state index in [9.17, 15) is 13.2 Å². The van der Waals surface area contributed by atoms with E-state index in [4.69, 9.17) is 10.5 Å². The predicted octanol–water partition coefficient (Wildman–Crippen LogP) is 1.13. The zero-order valence-electron chi connectivity index (χ0n) is 10.9. The summed E-state index contributed by atoms with van der Waals surface area (Å²) in [7, 11) is -3.40. The molecule has 1 unspecified atom stereocenters. The van der Waals surface area contributed by atoms with Gasteiger partial charge >= 0.3 is 0 Å². The van der Waals surface area contributed by atoms with Gasteiger partial charge in [-0.25, -0.2) is 8.42 Å². The van der Waals surface area contributed by atoms with E-state index in [0.717, 1.165) is 6.42 Å². The summed E-state index contributed by atoms with van der Waals surface area (Å²) in [5.74, 6) is -0.786. The van der Waals surface area contributed by atoms with Gasteiger partial charge in [-0.2, -0.15) is 0 Å². The lowest BCUT2D eigenvalue weighted by Crippen LogP contribution is -2.33. The molecular weight excluding hydrogens is 266 g/mol. The van der Waals surface area contributed by atoms with Crippen LogP contribution < -0.4 is 5.73 Å². The third-order valence-electron chi connectivity index (χ3n) is 2.59. The third kappa shape index (κ3) is 5.00. The first-order valence-electron chi connectivity index (χ1n) is 6.16. The molecule has 1 atom stereocenters. The molecule has 0 spiro atoms. The molecule has 1 aromatic carbocycles. The number of ether oxygens (including phenoxy) is 1. The molecule has 0 aliphatic heterocycles. The fraction of sp³-hybridized carbons (Fsp3) is 0.462. The maximum Gasteiger partial charge on any atom is 0.246 e. The highest BCUT2D eigenvalue weighted by atomic mass is 32.2. The van der Waals surface area contributed by atoms with Crippen molar-refractivity contribution in [1.82, 2.24) is 0 Å². The zero-order valence-corrected chi connectivity index (χ0v) is 11.7. The molecule has 0 heterocycles. The Morgan fingerprint density at radius 3 is 2.47 bits per heavy atom. The lowest BCUT2D eigenvalue weighted by molar-refractivity contribution is -0.129. The van der Waals surface area contributed by atoms with Crippen LogP contribution in [0.4, 0.5) is 0 Å². The van der Waals surface area contributed by atoms with Gasteiger partial charge in [0.15, 0.2) is 9.84 Å². The SMILES string of the molecule is CCCOC(CCS(=O)(=O)c1ccccc1)C(N)=O. The van der Waals surface area contributed by atoms with Crippen molar-refractivity contribution in [1.29, 1.82) is 0 Å². The molecule has 0 aliphatic rings. The molecule has 0 fully saturated rings. The quantitative estimate of drug-likeness (QED) is 0.775. The fourth-order valence-corrected chi connectivity index (χ4v) is 2.91. The molecular formula is C13H19NO4S. The summed E-state index contributed by atoms with van der Waals surface area (Å²) in [6, 6.07) is 8.12. The van der Waals surface area contributed by atoms with Crippen molar-refractivity contribution in [2.24, 2.45) is 5.73 Å². The zero-order chi connectivity index (χ0) is 14.3. The molecule has 1 amide bonds. The van der Waals surface area contributed by atoms with E-state index in [2.05, 4.69) is 0 Å². The summed E-state index contributed by atoms with van der Waals surface area (Å²) < 4.78 is 29.3. The number of primary amides is 1. The van der Waals surface area contributed by atoms with E-state index < -0.39 is 21.8 Å². The molecule has 5 nitrogen and oxygen atoms in total. The largest absolute Gasteiger partial charge is 0.368 e. The van der Waals surface area contributed by atoms with Crippen molar-refractivity contribution in [3.63, 3.8) is 0 Å². The molecule has 0 saturated heterocycles. The minimum atomic E-state index is -3.40. The number of hydrogen-bond acceptors (Lipinski definition) is 4. The van der Waals surface area contributed by atoms with Gasteiger partial charge in [-0.15, -0.1) is 0 Å². The maximum absolute atomic E-state index is 12.0. The number of carbonyl (C=O) groups excluding carboxylic acids is 1. The number of sulfone groups is 1. The summed E-state index contributed by atoms with van der Waals surface area (Å²) in [4.78, 5) is 11.4. The van der Waals surface area contributed by atoms with Crippen molar-refractivity contribution in [3.05, 3.63) is 30.3 Å². The van der Waals surface area contributed by atoms with Crippen LogP contribution in [0.15, 0.2) is 35.2 Å². The van der Waals surface area contributed by atoms with Gasteiger partial charge in [0.25, 0.3) is 0 Å². The van der Waals surface area contributed by atoms with E-state index in [0.29, 0.717) is 6.61 Å². The Bertz CT molecular complexity index is 499. The van der Waals surface area contributed by atoms with Gasteiger partial charge in [0, 0.05) is 6.61 Å². The van der Waals surface area contributed by atoms with Crippen LogP contribution in [0, 0.1) is 0 Å². The first-order valence-corrected chi connectivity index (χ1v) is 7.81. The van der Waals surface area contributed by atoms with Gasteiger partial charge in [0.05, 0.1) is 10.6 Å². The molecule has 6 heteroatoms. The van der Waals surface area contributed by atoms with E-state index in [1.807, 2.05) is 6.92 Å². The monoisotopic (exact) mass is 285 g/mol. The topological polar surface area (TPSA) is 86.5 Å². The molecule has 1 aromatic rings. The Hall–Kier alpha value is -1.40. The van der Waals surface area contributed by atoms with Crippen molar-refractivity contribution < 1.29 is 17.9 Å². The number of carbonyl (C=O) groups is 1. The van der Waals surface area contributed by atoms with Crippen LogP contribution in [0.1, 0.15) is 19.8 Å². The normalized spacial score (nSPS) is 13.1. The van der Waals surface area contributed by atoms with Gasteiger partial charge in [-0.05, 0) is 25.0 Å². The Morgan fingerprint density at radius 2 is 1.95 bits per heavy atom. The van der Waals surface area contributed by atoms with Crippen LogP contribution in [0.2, 0.25) is 0 Å². The second-order valence-corrected chi connectivity index (χ2v) is 6.29. The molecule has 0 aromatic heterocycles. The maximum atomic E-state index is 12.0. The fourth-order valence-electron chi connectivity index (χ4n) is 1.58. The van der Waals surface area contributed by atoms with Gasteiger partial charge in [0.2, 0.25) is 5.91 Å². The molecule has 0 saturated carbocycles. The van der Waals surface area contributed by atoms with Crippen molar-refractivity contribution in [2.45, 2.75) is 30.8 Å². The minimum Gasteiger partial charge on any atom is -0.368 e. The van der Waals surface area contributed by atoms with Crippen LogP contribution in [0.25, 0.3) is 0 Å². The summed E-state index contributed by atoms with van der Waals surface area (Å²) in [5.41, 5.74) is 5.19. The van der Waals surface area contributed by atoms with E-state index in [1.54, 1.807) is 18.2 Å². The smallest absolute Gasteiger partial charge is 0.246 e. The number of benzene rings is 1. The second kappa shape index (κ2) is 7.25. The summed E-state index contributed by atoms with van der Waals surface area (Å²) in [6.07, 6.45) is -0.0275. The standard InChI is InChI=1S/C13H19NO4S/c1-2-9-18-12(13(14)15)8-10-19(16,17)11-6-4-3-5-7-11/h3-7,12H,2,8-10H2,1H3,(H2,14,15). The van der Waals surface area contributed by atoms with E-state index >= 15 is 0 Å². The van der Waals surface area contributed by atoms with Gasteiger partial charge in [0.1, 0.15) is 6.10 Å². The van der Waals surface area contributed by atoms with Gasteiger partial charge in [-0.3, -0.25) is 4.79 Å². The Kier molecular flexibility index (Phi) is 5.98. The highest BCUT2D eigenvalue weighted by Crippen LogP contribution is 2.13. The molecule has 19 heavy (non-hydrogen) atoms. The van der Waals surface area contributed by atoms with E-state index in [-0.39, 0.29) is 17.1 Å². The van der Waals surface area contributed by atoms with Crippen LogP contribution in [-0.2, 0) is 19.4 Å². The summed E-state index contributed by atoms with van der Waals surface area (Å²) >= 11 is 0. The van der Waals surface area contributed by atoms with Crippen LogP contribution >= 0.6 is 0 Å². The molecule has 0 radical (unpaired) electrons. The predicted molar refractivity (Wildman–Crippen MR) is 72.3 cm³/mol. The number of amides is 1. The summed E-state index contributed by atoms with van der Waals surface area (Å²) in [6.45, 7) is 2.29.